The van der Waals surface area contributed by atoms with Crippen LogP contribution in [0.1, 0.15) is 36.2 Å². The van der Waals surface area contributed by atoms with Crippen LogP contribution < -0.4 is 14.8 Å². The van der Waals surface area contributed by atoms with Crippen LogP contribution >= 0.6 is 0 Å². The van der Waals surface area contributed by atoms with E-state index in [9.17, 15) is 13.2 Å². The molecule has 3 aromatic rings. The zero-order valence-corrected chi connectivity index (χ0v) is 19.1. The molecule has 0 unspecified atom stereocenters. The Kier molecular flexibility index (Phi) is 8.03. The van der Waals surface area contributed by atoms with Crippen molar-refractivity contribution < 1.29 is 17.9 Å². The summed E-state index contributed by atoms with van der Waals surface area (Å²) in [5, 5.41) is 2.80. The van der Waals surface area contributed by atoms with Gasteiger partial charge in [-0.3, -0.25) is 4.79 Å². The topological polar surface area (TPSA) is 84.5 Å². The molecule has 0 fully saturated rings. The van der Waals surface area contributed by atoms with Crippen molar-refractivity contribution in [3.05, 3.63) is 90.0 Å². The van der Waals surface area contributed by atoms with Gasteiger partial charge >= 0.3 is 0 Å². The van der Waals surface area contributed by atoms with Gasteiger partial charge in [0.05, 0.1) is 17.1 Å². The number of benzene rings is 3. The zero-order chi connectivity index (χ0) is 23.0. The SMILES string of the molecule is CC(C)CCOc1ccccc1C(=O)Nc1ccc(S(=O)(=O)NCc2ccccc2)cc1. The van der Waals surface area contributed by atoms with Crippen LogP contribution in [0, 0.1) is 5.92 Å². The van der Waals surface area contributed by atoms with Gasteiger partial charge in [-0.1, -0.05) is 56.3 Å². The van der Waals surface area contributed by atoms with Crippen LogP contribution in [-0.4, -0.2) is 20.9 Å². The zero-order valence-electron chi connectivity index (χ0n) is 18.2. The van der Waals surface area contributed by atoms with Crippen molar-refractivity contribution in [3.63, 3.8) is 0 Å². The molecule has 0 aliphatic heterocycles. The second-order valence-corrected chi connectivity index (χ2v) is 9.58. The maximum atomic E-state index is 12.8. The monoisotopic (exact) mass is 452 g/mol. The number of sulfonamides is 1. The highest BCUT2D eigenvalue weighted by molar-refractivity contribution is 7.89. The number of hydrogen-bond donors (Lipinski definition) is 2. The van der Waals surface area contributed by atoms with Crippen LogP contribution in [0.15, 0.2) is 83.8 Å². The fraction of sp³-hybridized carbons (Fsp3) is 0.240. The average molecular weight is 453 g/mol. The van der Waals surface area contributed by atoms with Gasteiger partial charge in [-0.05, 0) is 54.3 Å². The van der Waals surface area contributed by atoms with Gasteiger partial charge in [0.2, 0.25) is 10.0 Å². The van der Waals surface area contributed by atoms with Crippen LogP contribution in [0.25, 0.3) is 0 Å². The van der Waals surface area contributed by atoms with E-state index in [2.05, 4.69) is 23.9 Å². The summed E-state index contributed by atoms with van der Waals surface area (Å²) in [6, 6.07) is 22.4. The molecule has 0 atom stereocenters. The molecule has 2 N–H and O–H groups in total. The quantitative estimate of drug-likeness (QED) is 0.461. The highest BCUT2D eigenvalue weighted by Crippen LogP contribution is 2.21. The molecule has 1 amide bonds. The van der Waals surface area contributed by atoms with Crippen molar-refractivity contribution in [2.75, 3.05) is 11.9 Å². The van der Waals surface area contributed by atoms with Crippen LogP contribution in [0.3, 0.4) is 0 Å². The number of carbonyl (C=O) groups is 1. The second-order valence-electron chi connectivity index (χ2n) is 7.82. The third-order valence-electron chi connectivity index (χ3n) is 4.82. The van der Waals surface area contributed by atoms with E-state index in [1.54, 1.807) is 30.3 Å². The summed E-state index contributed by atoms with van der Waals surface area (Å²) in [5.74, 6) is 0.714. The second kappa shape index (κ2) is 10.9. The van der Waals surface area contributed by atoms with E-state index < -0.39 is 10.0 Å². The van der Waals surface area contributed by atoms with E-state index in [1.165, 1.54) is 12.1 Å². The van der Waals surface area contributed by atoms with Crippen molar-refractivity contribution in [3.8, 4) is 5.75 Å². The summed E-state index contributed by atoms with van der Waals surface area (Å²) in [7, 11) is -3.66. The summed E-state index contributed by atoms with van der Waals surface area (Å²) in [6.07, 6.45) is 0.893. The largest absolute Gasteiger partial charge is 0.493 e. The Labute approximate surface area is 189 Å². The van der Waals surface area contributed by atoms with E-state index in [0.717, 1.165) is 12.0 Å². The lowest BCUT2D eigenvalue weighted by atomic mass is 10.1. The van der Waals surface area contributed by atoms with E-state index in [1.807, 2.05) is 36.4 Å². The van der Waals surface area contributed by atoms with Gasteiger partial charge in [-0.2, -0.15) is 0 Å². The minimum absolute atomic E-state index is 0.129. The molecule has 0 aliphatic carbocycles. The van der Waals surface area contributed by atoms with Crippen LogP contribution in [0.5, 0.6) is 5.75 Å². The molecule has 0 aromatic heterocycles. The Bertz CT molecular complexity index is 1130. The van der Waals surface area contributed by atoms with Crippen LogP contribution in [0.2, 0.25) is 0 Å². The maximum absolute atomic E-state index is 12.8. The molecular weight excluding hydrogens is 424 g/mol. The van der Waals surface area contributed by atoms with Crippen molar-refractivity contribution in [2.45, 2.75) is 31.7 Å². The lowest BCUT2D eigenvalue weighted by Gasteiger charge is -2.13. The van der Waals surface area contributed by atoms with Crippen LogP contribution in [0.4, 0.5) is 5.69 Å². The Balaban J connectivity index is 1.64. The van der Waals surface area contributed by atoms with Gasteiger partial charge in [0.1, 0.15) is 5.75 Å². The minimum Gasteiger partial charge on any atom is -0.493 e. The normalized spacial score (nSPS) is 11.3. The van der Waals surface area contributed by atoms with Gasteiger partial charge in [-0.25, -0.2) is 13.1 Å². The molecule has 168 valence electrons. The molecule has 0 saturated heterocycles. The molecular formula is C25H28N2O4S. The van der Waals surface area contributed by atoms with Gasteiger partial charge in [-0.15, -0.1) is 0 Å². The fourth-order valence-electron chi connectivity index (χ4n) is 2.96. The number of para-hydroxylation sites is 1. The van der Waals surface area contributed by atoms with Gasteiger partial charge in [0.15, 0.2) is 0 Å². The number of rotatable bonds is 10. The number of hydrogen-bond acceptors (Lipinski definition) is 4. The Morgan fingerprint density at radius 2 is 1.56 bits per heavy atom. The smallest absolute Gasteiger partial charge is 0.259 e. The van der Waals surface area contributed by atoms with Gasteiger partial charge < -0.3 is 10.1 Å². The van der Waals surface area contributed by atoms with Gasteiger partial charge in [0, 0.05) is 12.2 Å². The van der Waals surface area contributed by atoms with Crippen molar-refractivity contribution >= 4 is 21.6 Å². The van der Waals surface area contributed by atoms with E-state index >= 15 is 0 Å². The van der Waals surface area contributed by atoms with Gasteiger partial charge in [0.25, 0.3) is 5.91 Å². The molecule has 32 heavy (non-hydrogen) atoms. The summed E-state index contributed by atoms with van der Waals surface area (Å²) in [5.41, 5.74) is 1.79. The predicted octanol–water partition coefficient (Wildman–Crippen LogP) is 4.84. The molecule has 0 bridgehead atoms. The van der Waals surface area contributed by atoms with E-state index in [4.69, 9.17) is 4.74 Å². The maximum Gasteiger partial charge on any atom is 0.259 e. The molecule has 0 heterocycles. The van der Waals surface area contributed by atoms with Crippen LogP contribution in [-0.2, 0) is 16.6 Å². The highest BCUT2D eigenvalue weighted by Gasteiger charge is 2.15. The van der Waals surface area contributed by atoms with E-state index in [-0.39, 0.29) is 17.3 Å². The lowest BCUT2D eigenvalue weighted by Crippen LogP contribution is -2.23. The number of ether oxygens (including phenoxy) is 1. The summed E-state index contributed by atoms with van der Waals surface area (Å²) >= 11 is 0. The summed E-state index contributed by atoms with van der Waals surface area (Å²) in [4.78, 5) is 12.9. The molecule has 0 aliphatic rings. The first-order chi connectivity index (χ1) is 15.3. The standard InChI is InChI=1S/C25H28N2O4S/c1-19(2)16-17-31-24-11-7-6-10-23(24)25(28)27-21-12-14-22(15-13-21)32(29,30)26-18-20-8-4-3-5-9-20/h3-15,19,26H,16-18H2,1-2H3,(H,27,28). The molecule has 3 aromatic carbocycles. The third-order valence-corrected chi connectivity index (χ3v) is 6.23. The minimum atomic E-state index is -3.66. The van der Waals surface area contributed by atoms with Crippen molar-refractivity contribution in [2.24, 2.45) is 5.92 Å². The molecule has 0 saturated carbocycles. The third kappa shape index (κ3) is 6.67. The molecule has 6 nitrogen and oxygen atoms in total. The Morgan fingerprint density at radius 1 is 0.906 bits per heavy atom. The molecule has 0 radical (unpaired) electrons. The molecule has 3 rings (SSSR count). The molecule has 0 spiro atoms. The summed E-state index contributed by atoms with van der Waals surface area (Å²) in [6.45, 7) is 4.96. The predicted molar refractivity (Wildman–Crippen MR) is 126 cm³/mol. The lowest BCUT2D eigenvalue weighted by molar-refractivity contribution is 0.102. The summed E-state index contributed by atoms with van der Waals surface area (Å²) < 4.78 is 33.4. The number of nitrogens with one attached hydrogen (secondary N) is 2. The Morgan fingerprint density at radius 3 is 2.25 bits per heavy atom. The van der Waals surface area contributed by atoms with Crippen molar-refractivity contribution in [1.82, 2.24) is 4.72 Å². The highest BCUT2D eigenvalue weighted by atomic mass is 32.2. The number of amides is 1. The first kappa shape index (κ1) is 23.5. The first-order valence-corrected chi connectivity index (χ1v) is 12.0. The van der Waals surface area contributed by atoms with Crippen molar-refractivity contribution in [1.29, 1.82) is 0 Å². The Hall–Kier alpha value is -3.16. The average Bonchev–Trinajstić information content (AvgIpc) is 2.79. The van der Waals surface area contributed by atoms with E-state index in [0.29, 0.717) is 29.5 Å². The fourth-order valence-corrected chi connectivity index (χ4v) is 3.98. The molecule has 7 heteroatoms. The number of carbonyl (C=O) groups excluding carboxylic acids is 1. The number of anilines is 1. The first-order valence-electron chi connectivity index (χ1n) is 10.5.